The Hall–Kier alpha value is -4.43. The van der Waals surface area contributed by atoms with E-state index in [-0.39, 0.29) is 11.4 Å². The fourth-order valence-corrected chi connectivity index (χ4v) is 5.88. The Balaban J connectivity index is 1.31. The number of hydrazone groups is 1. The van der Waals surface area contributed by atoms with Crippen molar-refractivity contribution in [2.75, 3.05) is 6.61 Å². The monoisotopic (exact) mass is 547 g/mol. The molecule has 0 saturated carbocycles. The Morgan fingerprint density at radius 3 is 2.52 bits per heavy atom. The summed E-state index contributed by atoms with van der Waals surface area (Å²) >= 11 is 1.31. The van der Waals surface area contributed by atoms with Crippen LogP contribution in [0.25, 0.3) is 17.0 Å². The van der Waals surface area contributed by atoms with Crippen LogP contribution in [0.3, 0.4) is 0 Å². The number of carbonyl (C=O) groups is 1. The van der Waals surface area contributed by atoms with Crippen LogP contribution >= 0.6 is 11.8 Å². The highest BCUT2D eigenvalue weighted by atomic mass is 32.2. The molecular formula is C32H29N5O2S. The number of benzene rings is 3. The summed E-state index contributed by atoms with van der Waals surface area (Å²) in [6.07, 6.45) is 1.79. The third-order valence-electron chi connectivity index (χ3n) is 7.24. The van der Waals surface area contributed by atoms with E-state index in [2.05, 4.69) is 45.9 Å². The zero-order valence-corrected chi connectivity index (χ0v) is 23.7. The standard InChI is InChI=1S/C32H29N5O2S/c1-19-10-13-23(14-11-19)31-35-37-29(33)26(30(38)34-32(37)40-31)18-25-22(4)36(27-8-6-5-7-24(25)27)15-16-39-28-17-20(2)9-12-21(28)3/h5-14,17-18,33H,15-16H2,1-4H3. The number of ether oxygens (including phenoxy) is 1. The lowest BCUT2D eigenvalue weighted by Gasteiger charge is -2.20. The van der Waals surface area contributed by atoms with E-state index >= 15 is 0 Å². The summed E-state index contributed by atoms with van der Waals surface area (Å²) < 4.78 is 8.36. The SMILES string of the molecule is Cc1ccc(C2=NN3C(=N)C(=Cc4c(C)n(CCOc5cc(C)ccc5C)c5ccccc45)C(=O)N=C3S2)cc1. The number of hydrogen-bond donors (Lipinski definition) is 1. The van der Waals surface area contributed by atoms with Gasteiger partial charge in [-0.3, -0.25) is 10.2 Å². The Bertz CT molecular complexity index is 1780. The Morgan fingerprint density at radius 1 is 0.975 bits per heavy atom. The Kier molecular flexibility index (Phi) is 6.64. The lowest BCUT2D eigenvalue weighted by molar-refractivity contribution is -0.114. The first kappa shape index (κ1) is 25.8. The van der Waals surface area contributed by atoms with E-state index in [0.29, 0.717) is 23.4 Å². The molecule has 2 aliphatic heterocycles. The van der Waals surface area contributed by atoms with Crippen LogP contribution < -0.4 is 4.74 Å². The molecule has 2 aliphatic rings. The average Bonchev–Trinajstić information content (AvgIpc) is 3.48. The molecule has 200 valence electrons. The summed E-state index contributed by atoms with van der Waals surface area (Å²) in [5.41, 5.74) is 7.50. The van der Waals surface area contributed by atoms with E-state index < -0.39 is 5.91 Å². The molecule has 4 aromatic rings. The smallest absolute Gasteiger partial charge is 0.283 e. The quantitative estimate of drug-likeness (QED) is 0.275. The normalized spacial score (nSPS) is 16.0. The number of fused-ring (bicyclic) bond motifs is 2. The van der Waals surface area contributed by atoms with Crippen molar-refractivity contribution in [3.05, 3.63) is 106 Å². The predicted molar refractivity (Wildman–Crippen MR) is 163 cm³/mol. The first-order valence-electron chi connectivity index (χ1n) is 13.2. The summed E-state index contributed by atoms with van der Waals surface area (Å²) in [6, 6.07) is 22.3. The van der Waals surface area contributed by atoms with Crippen molar-refractivity contribution in [1.29, 1.82) is 5.41 Å². The van der Waals surface area contributed by atoms with Gasteiger partial charge in [-0.05, 0) is 68.8 Å². The molecule has 6 rings (SSSR count). The van der Waals surface area contributed by atoms with Gasteiger partial charge in [-0.2, -0.15) is 15.1 Å². The van der Waals surface area contributed by atoms with Gasteiger partial charge in [0.15, 0.2) is 5.84 Å². The van der Waals surface area contributed by atoms with Crippen LogP contribution in [0.4, 0.5) is 0 Å². The minimum absolute atomic E-state index is 0.0269. The van der Waals surface area contributed by atoms with Crippen molar-refractivity contribution in [2.24, 2.45) is 10.1 Å². The second kappa shape index (κ2) is 10.3. The second-order valence-corrected chi connectivity index (χ2v) is 11.0. The topological polar surface area (TPSA) is 83.0 Å². The van der Waals surface area contributed by atoms with Crippen LogP contribution in [0, 0.1) is 33.1 Å². The Morgan fingerprint density at radius 2 is 1.73 bits per heavy atom. The average molecular weight is 548 g/mol. The molecular weight excluding hydrogens is 518 g/mol. The van der Waals surface area contributed by atoms with E-state index in [1.54, 1.807) is 6.08 Å². The molecule has 1 amide bonds. The van der Waals surface area contributed by atoms with Gasteiger partial charge in [0.1, 0.15) is 17.4 Å². The van der Waals surface area contributed by atoms with Gasteiger partial charge in [0.25, 0.3) is 5.91 Å². The van der Waals surface area contributed by atoms with Crippen molar-refractivity contribution in [1.82, 2.24) is 9.58 Å². The highest BCUT2D eigenvalue weighted by Gasteiger charge is 2.36. The van der Waals surface area contributed by atoms with Gasteiger partial charge in [-0.15, -0.1) is 0 Å². The number of amides is 1. The number of nitrogens with one attached hydrogen (secondary N) is 1. The van der Waals surface area contributed by atoms with Gasteiger partial charge < -0.3 is 9.30 Å². The molecule has 1 N–H and O–H groups in total. The molecule has 1 aromatic heterocycles. The Labute approximate surface area is 237 Å². The largest absolute Gasteiger partial charge is 0.491 e. The molecule has 0 bridgehead atoms. The molecule has 0 unspecified atom stereocenters. The highest BCUT2D eigenvalue weighted by molar-refractivity contribution is 8.27. The maximum absolute atomic E-state index is 13.2. The van der Waals surface area contributed by atoms with Gasteiger partial charge in [-0.25, -0.2) is 0 Å². The maximum Gasteiger partial charge on any atom is 0.283 e. The molecule has 3 heterocycles. The summed E-state index contributed by atoms with van der Waals surface area (Å²) in [5, 5.41) is 17.1. The molecule has 0 spiro atoms. The van der Waals surface area contributed by atoms with E-state index in [4.69, 9.17) is 10.1 Å². The zero-order valence-electron chi connectivity index (χ0n) is 22.9. The van der Waals surface area contributed by atoms with Crippen LogP contribution in [-0.2, 0) is 11.3 Å². The minimum atomic E-state index is -0.432. The van der Waals surface area contributed by atoms with Gasteiger partial charge in [0.05, 0.1) is 12.1 Å². The third kappa shape index (κ3) is 4.64. The van der Waals surface area contributed by atoms with Gasteiger partial charge in [-0.1, -0.05) is 60.2 Å². The molecule has 40 heavy (non-hydrogen) atoms. The van der Waals surface area contributed by atoms with Crippen LogP contribution in [0.15, 0.2) is 82.4 Å². The molecule has 0 atom stereocenters. The number of hydrogen-bond acceptors (Lipinski definition) is 5. The van der Waals surface area contributed by atoms with Crippen molar-refractivity contribution in [3.8, 4) is 5.75 Å². The number of nitrogens with zero attached hydrogens (tertiary/aromatic N) is 4. The highest BCUT2D eigenvalue weighted by Crippen LogP contribution is 2.33. The lowest BCUT2D eigenvalue weighted by Crippen LogP contribution is -2.35. The van der Waals surface area contributed by atoms with E-state index in [0.717, 1.165) is 50.2 Å². The van der Waals surface area contributed by atoms with Crippen molar-refractivity contribution in [2.45, 2.75) is 34.2 Å². The summed E-state index contributed by atoms with van der Waals surface area (Å²) in [5.74, 6) is 0.484. The van der Waals surface area contributed by atoms with E-state index in [9.17, 15) is 4.79 Å². The van der Waals surface area contributed by atoms with Crippen LogP contribution in [0.5, 0.6) is 5.75 Å². The van der Waals surface area contributed by atoms with E-state index in [1.807, 2.05) is 63.2 Å². The molecule has 0 radical (unpaired) electrons. The third-order valence-corrected chi connectivity index (χ3v) is 8.19. The van der Waals surface area contributed by atoms with Crippen molar-refractivity contribution < 1.29 is 9.53 Å². The van der Waals surface area contributed by atoms with Crippen LogP contribution in [-0.4, -0.2) is 38.1 Å². The first-order chi connectivity index (χ1) is 19.3. The molecule has 0 fully saturated rings. The molecule has 0 aliphatic carbocycles. The summed E-state index contributed by atoms with van der Waals surface area (Å²) in [7, 11) is 0. The van der Waals surface area contributed by atoms with Crippen molar-refractivity contribution in [3.63, 3.8) is 0 Å². The van der Waals surface area contributed by atoms with E-state index in [1.165, 1.54) is 16.8 Å². The number of para-hydroxylation sites is 1. The van der Waals surface area contributed by atoms with Crippen LogP contribution in [0.2, 0.25) is 0 Å². The molecule has 0 saturated heterocycles. The number of amidine groups is 2. The molecule has 7 nitrogen and oxygen atoms in total. The molecule has 8 heteroatoms. The van der Waals surface area contributed by atoms with Gasteiger partial charge in [0.2, 0.25) is 5.17 Å². The summed E-state index contributed by atoms with van der Waals surface area (Å²) in [6.45, 7) is 9.32. The number of aliphatic imine (C=N–C) groups is 1. The minimum Gasteiger partial charge on any atom is -0.491 e. The molecule has 3 aromatic carbocycles. The first-order valence-corrected chi connectivity index (χ1v) is 14.0. The maximum atomic E-state index is 13.2. The number of aromatic nitrogens is 1. The number of carbonyl (C=O) groups excluding carboxylic acids is 1. The number of rotatable bonds is 6. The fraction of sp³-hybridized carbons (Fsp3) is 0.188. The zero-order chi connectivity index (χ0) is 28.0. The van der Waals surface area contributed by atoms with Crippen LogP contribution in [0.1, 0.15) is 33.5 Å². The number of aryl methyl sites for hydroxylation is 3. The second-order valence-electron chi connectivity index (χ2n) is 10.1. The number of thioether (sulfide) groups is 1. The van der Waals surface area contributed by atoms with Gasteiger partial charge >= 0.3 is 0 Å². The predicted octanol–water partition coefficient (Wildman–Crippen LogP) is 6.62. The summed E-state index contributed by atoms with van der Waals surface area (Å²) in [4.78, 5) is 17.5. The van der Waals surface area contributed by atoms with Gasteiger partial charge in [0, 0.05) is 27.7 Å². The lowest BCUT2D eigenvalue weighted by atomic mass is 10.1. The van der Waals surface area contributed by atoms with Crippen molar-refractivity contribution >= 4 is 50.7 Å². The fourth-order valence-electron chi connectivity index (χ4n) is 4.99.